The standard InChI is InChI=1S/C16H18N2O2/c1-19-14-4-2-11(3-5-14)12-8-13(10-18-9-12)16-15(17)6-7-20-16/h2-5,8-10,15-16H,6-7,17H2,1H3/t15-,16+/m1/s1. The second-order valence-corrected chi connectivity index (χ2v) is 4.98. The second kappa shape index (κ2) is 5.61. The molecule has 1 aromatic heterocycles. The molecule has 1 saturated heterocycles. The highest BCUT2D eigenvalue weighted by molar-refractivity contribution is 5.64. The molecule has 0 unspecified atom stereocenters. The van der Waals surface area contributed by atoms with Crippen molar-refractivity contribution >= 4 is 0 Å². The van der Waals surface area contributed by atoms with Gasteiger partial charge < -0.3 is 15.2 Å². The fourth-order valence-corrected chi connectivity index (χ4v) is 2.50. The van der Waals surface area contributed by atoms with Gasteiger partial charge in [0.1, 0.15) is 5.75 Å². The lowest BCUT2D eigenvalue weighted by atomic mass is 10.0. The van der Waals surface area contributed by atoms with Crippen molar-refractivity contribution in [2.45, 2.75) is 18.6 Å². The first kappa shape index (κ1) is 13.1. The van der Waals surface area contributed by atoms with Crippen LogP contribution in [-0.2, 0) is 4.74 Å². The first-order valence-electron chi connectivity index (χ1n) is 6.74. The predicted octanol–water partition coefficient (Wildman–Crippen LogP) is 2.55. The molecule has 104 valence electrons. The summed E-state index contributed by atoms with van der Waals surface area (Å²) in [5.74, 6) is 0.846. The van der Waals surface area contributed by atoms with Crippen LogP contribution in [0.15, 0.2) is 42.7 Å². The molecular formula is C16H18N2O2. The lowest BCUT2D eigenvalue weighted by Gasteiger charge is -2.15. The van der Waals surface area contributed by atoms with Gasteiger partial charge in [0.25, 0.3) is 0 Å². The van der Waals surface area contributed by atoms with Crippen LogP contribution in [0.2, 0.25) is 0 Å². The maximum atomic E-state index is 6.07. The van der Waals surface area contributed by atoms with Crippen molar-refractivity contribution in [3.05, 3.63) is 48.3 Å². The van der Waals surface area contributed by atoms with Gasteiger partial charge in [-0.25, -0.2) is 0 Å². The van der Waals surface area contributed by atoms with Crippen molar-refractivity contribution in [1.82, 2.24) is 4.98 Å². The van der Waals surface area contributed by atoms with Crippen molar-refractivity contribution in [2.75, 3.05) is 13.7 Å². The van der Waals surface area contributed by atoms with Gasteiger partial charge in [-0.3, -0.25) is 4.98 Å². The van der Waals surface area contributed by atoms with Crippen LogP contribution in [-0.4, -0.2) is 24.7 Å². The number of methoxy groups -OCH3 is 1. The topological polar surface area (TPSA) is 57.4 Å². The van der Waals surface area contributed by atoms with E-state index in [-0.39, 0.29) is 12.1 Å². The van der Waals surface area contributed by atoms with Gasteiger partial charge in [0.05, 0.1) is 13.2 Å². The number of nitrogens with zero attached hydrogens (tertiary/aromatic N) is 1. The molecule has 1 aliphatic heterocycles. The Morgan fingerprint density at radius 3 is 2.65 bits per heavy atom. The SMILES string of the molecule is COc1ccc(-c2cncc([C@@H]3OCC[C@H]3N)c2)cc1. The average molecular weight is 270 g/mol. The molecule has 0 aliphatic carbocycles. The molecule has 2 N–H and O–H groups in total. The first-order chi connectivity index (χ1) is 9.78. The Labute approximate surface area is 118 Å². The van der Waals surface area contributed by atoms with E-state index in [0.717, 1.165) is 35.5 Å². The van der Waals surface area contributed by atoms with Crippen LogP contribution >= 0.6 is 0 Å². The number of pyridine rings is 1. The van der Waals surface area contributed by atoms with E-state index < -0.39 is 0 Å². The van der Waals surface area contributed by atoms with Crippen molar-refractivity contribution in [3.8, 4) is 16.9 Å². The summed E-state index contributed by atoms with van der Waals surface area (Å²) in [6.45, 7) is 0.721. The molecule has 0 amide bonds. The zero-order valence-corrected chi connectivity index (χ0v) is 11.5. The third kappa shape index (κ3) is 2.53. The smallest absolute Gasteiger partial charge is 0.118 e. The van der Waals surface area contributed by atoms with Gasteiger partial charge in [-0.05, 0) is 30.2 Å². The molecule has 20 heavy (non-hydrogen) atoms. The molecule has 4 heteroatoms. The molecule has 2 heterocycles. The number of nitrogens with two attached hydrogens (primary N) is 1. The molecule has 1 aliphatic rings. The van der Waals surface area contributed by atoms with Crippen molar-refractivity contribution in [1.29, 1.82) is 0 Å². The van der Waals surface area contributed by atoms with Gasteiger partial charge in [-0.15, -0.1) is 0 Å². The first-order valence-corrected chi connectivity index (χ1v) is 6.74. The molecule has 1 fully saturated rings. The molecule has 4 nitrogen and oxygen atoms in total. The minimum atomic E-state index is -0.0410. The number of rotatable bonds is 3. The highest BCUT2D eigenvalue weighted by Gasteiger charge is 2.26. The summed E-state index contributed by atoms with van der Waals surface area (Å²) in [6.07, 6.45) is 4.55. The van der Waals surface area contributed by atoms with E-state index in [1.165, 1.54) is 0 Å². The minimum Gasteiger partial charge on any atom is -0.497 e. The number of hydrogen-bond acceptors (Lipinski definition) is 4. The van der Waals surface area contributed by atoms with Crippen LogP contribution in [0, 0.1) is 0 Å². The third-order valence-corrected chi connectivity index (χ3v) is 3.65. The van der Waals surface area contributed by atoms with Crippen LogP contribution in [0.1, 0.15) is 18.1 Å². The maximum absolute atomic E-state index is 6.07. The Kier molecular flexibility index (Phi) is 3.67. The monoisotopic (exact) mass is 270 g/mol. The van der Waals surface area contributed by atoms with Gasteiger partial charge in [0, 0.05) is 36.2 Å². The predicted molar refractivity (Wildman–Crippen MR) is 77.5 cm³/mol. The van der Waals surface area contributed by atoms with Gasteiger partial charge in [-0.2, -0.15) is 0 Å². The maximum Gasteiger partial charge on any atom is 0.118 e. The lowest BCUT2D eigenvalue weighted by Crippen LogP contribution is -2.23. The van der Waals surface area contributed by atoms with E-state index in [1.807, 2.05) is 36.7 Å². The quantitative estimate of drug-likeness (QED) is 0.931. The average Bonchev–Trinajstić information content (AvgIpc) is 2.94. The van der Waals surface area contributed by atoms with Crippen LogP contribution in [0.3, 0.4) is 0 Å². The molecule has 3 rings (SSSR count). The fourth-order valence-electron chi connectivity index (χ4n) is 2.50. The fraction of sp³-hybridized carbons (Fsp3) is 0.312. The van der Waals surface area contributed by atoms with Crippen LogP contribution in [0.25, 0.3) is 11.1 Å². The Bertz CT molecular complexity index is 583. The Hall–Kier alpha value is -1.91. The van der Waals surface area contributed by atoms with Crippen LogP contribution in [0.4, 0.5) is 0 Å². The third-order valence-electron chi connectivity index (χ3n) is 3.65. The normalized spacial score (nSPS) is 21.9. The molecule has 1 aromatic carbocycles. The zero-order valence-electron chi connectivity index (χ0n) is 11.5. The van der Waals surface area contributed by atoms with E-state index in [0.29, 0.717) is 0 Å². The van der Waals surface area contributed by atoms with Gasteiger partial charge >= 0.3 is 0 Å². The highest BCUT2D eigenvalue weighted by atomic mass is 16.5. The van der Waals surface area contributed by atoms with Gasteiger partial charge in [0.15, 0.2) is 0 Å². The van der Waals surface area contributed by atoms with Crippen LogP contribution in [0.5, 0.6) is 5.75 Å². The van der Waals surface area contributed by atoms with E-state index in [1.54, 1.807) is 7.11 Å². The van der Waals surface area contributed by atoms with Gasteiger partial charge in [0.2, 0.25) is 0 Å². The molecular weight excluding hydrogens is 252 g/mol. The summed E-state index contributed by atoms with van der Waals surface area (Å²) < 4.78 is 10.9. The van der Waals surface area contributed by atoms with Crippen molar-refractivity contribution in [2.24, 2.45) is 5.73 Å². The molecule has 0 saturated carbocycles. The number of ether oxygens (including phenoxy) is 2. The van der Waals surface area contributed by atoms with Gasteiger partial charge in [-0.1, -0.05) is 12.1 Å². The van der Waals surface area contributed by atoms with Crippen molar-refractivity contribution in [3.63, 3.8) is 0 Å². The zero-order chi connectivity index (χ0) is 13.9. The van der Waals surface area contributed by atoms with E-state index in [4.69, 9.17) is 15.2 Å². The summed E-state index contributed by atoms with van der Waals surface area (Å²) in [6, 6.07) is 10.1. The van der Waals surface area contributed by atoms with E-state index in [9.17, 15) is 0 Å². The second-order valence-electron chi connectivity index (χ2n) is 4.98. The summed E-state index contributed by atoms with van der Waals surface area (Å²) in [5, 5.41) is 0. The Balaban J connectivity index is 1.90. The molecule has 0 spiro atoms. The Morgan fingerprint density at radius 2 is 2.00 bits per heavy atom. The summed E-state index contributed by atoms with van der Waals surface area (Å²) in [7, 11) is 1.66. The molecule has 2 atom stereocenters. The minimum absolute atomic E-state index is 0.0410. The van der Waals surface area contributed by atoms with Crippen molar-refractivity contribution < 1.29 is 9.47 Å². The molecule has 2 aromatic rings. The van der Waals surface area contributed by atoms with E-state index in [2.05, 4.69) is 11.1 Å². The largest absolute Gasteiger partial charge is 0.497 e. The van der Waals surface area contributed by atoms with E-state index >= 15 is 0 Å². The number of benzene rings is 1. The number of hydrogen-bond donors (Lipinski definition) is 1. The summed E-state index contributed by atoms with van der Waals surface area (Å²) >= 11 is 0. The van der Waals surface area contributed by atoms with Crippen LogP contribution < -0.4 is 10.5 Å². The molecule has 0 radical (unpaired) electrons. The summed E-state index contributed by atoms with van der Waals surface area (Å²) in [5.41, 5.74) is 9.28. The number of aromatic nitrogens is 1. The summed E-state index contributed by atoms with van der Waals surface area (Å²) in [4.78, 5) is 4.32. The molecule has 0 bridgehead atoms. The highest BCUT2D eigenvalue weighted by Crippen LogP contribution is 2.30. The lowest BCUT2D eigenvalue weighted by molar-refractivity contribution is 0.105. The Morgan fingerprint density at radius 1 is 1.20 bits per heavy atom.